The lowest BCUT2D eigenvalue weighted by molar-refractivity contribution is -0.111. The Bertz CT molecular complexity index is 56.4. The number of halogens is 1. The van der Waals surface area contributed by atoms with E-state index in [4.69, 9.17) is 4.74 Å². The van der Waals surface area contributed by atoms with E-state index in [1.807, 2.05) is 0 Å². The van der Waals surface area contributed by atoms with Gasteiger partial charge in [-0.05, 0) is 6.42 Å². The molecule has 0 bridgehead atoms. The fourth-order valence-electron chi connectivity index (χ4n) is 0.288. The molecule has 8 heavy (non-hydrogen) atoms. The molecule has 0 aliphatic rings. The number of ether oxygens (including phenoxy) is 1. The first kappa shape index (κ1) is 8.36. The Kier molecular flexibility index (Phi) is 7.69. The third-order valence-corrected chi connectivity index (χ3v) is 1.37. The van der Waals surface area contributed by atoms with Gasteiger partial charge in [0, 0.05) is 11.0 Å². The third-order valence-electron chi connectivity index (χ3n) is 0.608. The monoisotopic (exact) mass is 228 g/mol. The van der Waals surface area contributed by atoms with Crippen LogP contribution in [0.4, 0.5) is 0 Å². The molecule has 0 aliphatic heterocycles. The average molecular weight is 228 g/mol. The van der Waals surface area contributed by atoms with Crippen LogP contribution in [0.1, 0.15) is 6.42 Å². The molecule has 0 amide bonds. The molecule has 0 aromatic heterocycles. The van der Waals surface area contributed by atoms with Gasteiger partial charge in [0.2, 0.25) is 0 Å². The van der Waals surface area contributed by atoms with Crippen molar-refractivity contribution in [1.82, 2.24) is 0 Å². The Morgan fingerprint density at radius 3 is 2.88 bits per heavy atom. The molecule has 0 radical (unpaired) electrons. The highest BCUT2D eigenvalue weighted by atomic mass is 127. The van der Waals surface area contributed by atoms with Gasteiger partial charge in [-0.25, -0.2) is 0 Å². The van der Waals surface area contributed by atoms with Crippen molar-refractivity contribution >= 4 is 28.9 Å². The number of alkyl halides is 1. The second-order valence-corrected chi connectivity index (χ2v) is 2.36. The van der Waals surface area contributed by atoms with E-state index < -0.39 is 0 Å². The van der Waals surface area contributed by atoms with Crippen molar-refractivity contribution in [1.29, 1.82) is 0 Å². The lowest BCUT2D eigenvalue weighted by Gasteiger charge is -1.93. The summed E-state index contributed by atoms with van der Waals surface area (Å²) < 4.78 is 5.94. The van der Waals surface area contributed by atoms with Gasteiger partial charge in [0.05, 0.1) is 0 Å². The van der Waals surface area contributed by atoms with Gasteiger partial charge in [-0.3, -0.25) is 0 Å². The van der Waals surface area contributed by atoms with Gasteiger partial charge in [-0.15, -0.1) is 0 Å². The largest absolute Gasteiger partial charge is 0.374 e. The zero-order valence-corrected chi connectivity index (χ0v) is 6.76. The second-order valence-electron chi connectivity index (χ2n) is 1.28. The Morgan fingerprint density at radius 1 is 1.62 bits per heavy atom. The Hall–Kier alpha value is 0.360. The minimum atomic E-state index is 0.247. The molecule has 48 valence electrons. The van der Waals surface area contributed by atoms with Crippen molar-refractivity contribution in [3.8, 4) is 0 Å². The standard InChI is InChI=1S/C5H9IO2/c6-2-1-4-8-5-3-7/h3H,1-2,4-5H2. The fourth-order valence-corrected chi connectivity index (χ4v) is 0.599. The normalized spacial score (nSPS) is 9.12. The SMILES string of the molecule is O=CCOCCCI. The van der Waals surface area contributed by atoms with E-state index in [0.717, 1.165) is 17.1 Å². The minimum absolute atomic E-state index is 0.247. The molecular formula is C5H9IO2. The van der Waals surface area contributed by atoms with Crippen LogP contribution >= 0.6 is 22.6 Å². The zero-order chi connectivity index (χ0) is 6.24. The van der Waals surface area contributed by atoms with Crippen LogP contribution in [0.2, 0.25) is 0 Å². The maximum Gasteiger partial charge on any atom is 0.145 e. The van der Waals surface area contributed by atoms with Gasteiger partial charge in [-0.1, -0.05) is 22.6 Å². The van der Waals surface area contributed by atoms with Crippen molar-refractivity contribution in [3.63, 3.8) is 0 Å². The molecule has 0 aliphatic carbocycles. The molecule has 0 saturated carbocycles. The average Bonchev–Trinajstić information content (AvgIpc) is 1.81. The lowest BCUT2D eigenvalue weighted by Crippen LogP contribution is -1.97. The molecule has 2 nitrogen and oxygen atoms in total. The van der Waals surface area contributed by atoms with Crippen LogP contribution in [-0.2, 0) is 9.53 Å². The molecule has 0 aromatic carbocycles. The van der Waals surface area contributed by atoms with Crippen molar-refractivity contribution in [2.75, 3.05) is 17.6 Å². The first-order valence-corrected chi connectivity index (χ1v) is 4.01. The van der Waals surface area contributed by atoms with Crippen LogP contribution in [0.3, 0.4) is 0 Å². The molecule has 0 spiro atoms. The molecule has 0 heterocycles. The summed E-state index contributed by atoms with van der Waals surface area (Å²) in [6.07, 6.45) is 1.81. The smallest absolute Gasteiger partial charge is 0.145 e. The van der Waals surface area contributed by atoms with Gasteiger partial charge in [0.15, 0.2) is 0 Å². The van der Waals surface area contributed by atoms with E-state index in [1.54, 1.807) is 0 Å². The summed E-state index contributed by atoms with van der Waals surface area (Å²) in [6, 6.07) is 0. The van der Waals surface area contributed by atoms with Gasteiger partial charge in [0.1, 0.15) is 12.9 Å². The molecular weight excluding hydrogens is 219 g/mol. The number of rotatable bonds is 5. The van der Waals surface area contributed by atoms with Gasteiger partial charge >= 0.3 is 0 Å². The molecule has 0 atom stereocenters. The second kappa shape index (κ2) is 7.36. The third kappa shape index (κ3) is 6.36. The number of carbonyl (C=O) groups is 1. The number of hydrogen-bond donors (Lipinski definition) is 0. The maximum atomic E-state index is 9.64. The molecule has 0 aromatic rings. The van der Waals surface area contributed by atoms with Gasteiger partial charge in [-0.2, -0.15) is 0 Å². The van der Waals surface area contributed by atoms with E-state index in [2.05, 4.69) is 22.6 Å². The highest BCUT2D eigenvalue weighted by molar-refractivity contribution is 14.1. The van der Waals surface area contributed by atoms with Gasteiger partial charge < -0.3 is 9.53 Å². The molecule has 0 fully saturated rings. The topological polar surface area (TPSA) is 26.3 Å². The maximum absolute atomic E-state index is 9.64. The van der Waals surface area contributed by atoms with Crippen LogP contribution in [0.5, 0.6) is 0 Å². The zero-order valence-electron chi connectivity index (χ0n) is 4.60. The Morgan fingerprint density at radius 2 is 2.38 bits per heavy atom. The van der Waals surface area contributed by atoms with Crippen LogP contribution in [0.15, 0.2) is 0 Å². The summed E-state index contributed by atoms with van der Waals surface area (Å²) in [5, 5.41) is 0. The molecule has 0 N–H and O–H groups in total. The summed E-state index contributed by atoms with van der Waals surface area (Å²) in [7, 11) is 0. The number of carbonyl (C=O) groups excluding carboxylic acids is 1. The van der Waals surface area contributed by atoms with Crippen molar-refractivity contribution < 1.29 is 9.53 Å². The molecule has 0 rings (SSSR count). The summed E-state index contributed by atoms with van der Waals surface area (Å²) in [4.78, 5) is 9.64. The molecule has 0 unspecified atom stereocenters. The number of aldehydes is 1. The van der Waals surface area contributed by atoms with E-state index >= 15 is 0 Å². The van der Waals surface area contributed by atoms with Gasteiger partial charge in [0.25, 0.3) is 0 Å². The lowest BCUT2D eigenvalue weighted by atomic mass is 10.5. The first-order chi connectivity index (χ1) is 3.91. The highest BCUT2D eigenvalue weighted by Crippen LogP contribution is 1.87. The Labute approximate surface area is 62.7 Å². The molecule has 0 saturated heterocycles. The van der Waals surface area contributed by atoms with Crippen molar-refractivity contribution in [2.24, 2.45) is 0 Å². The minimum Gasteiger partial charge on any atom is -0.374 e. The first-order valence-electron chi connectivity index (χ1n) is 2.49. The van der Waals surface area contributed by atoms with E-state index in [0.29, 0.717) is 6.61 Å². The van der Waals surface area contributed by atoms with E-state index in [1.165, 1.54) is 0 Å². The summed E-state index contributed by atoms with van der Waals surface area (Å²) >= 11 is 2.27. The molecule has 3 heteroatoms. The highest BCUT2D eigenvalue weighted by Gasteiger charge is 1.82. The van der Waals surface area contributed by atoms with E-state index in [9.17, 15) is 4.79 Å². The summed E-state index contributed by atoms with van der Waals surface area (Å²) in [6.45, 7) is 0.957. The van der Waals surface area contributed by atoms with Crippen molar-refractivity contribution in [2.45, 2.75) is 6.42 Å². The van der Waals surface area contributed by atoms with E-state index in [-0.39, 0.29) is 6.61 Å². The van der Waals surface area contributed by atoms with Crippen LogP contribution in [-0.4, -0.2) is 23.9 Å². The predicted octanol–water partition coefficient (Wildman–Crippen LogP) is 1.03. The van der Waals surface area contributed by atoms with Crippen LogP contribution in [0, 0.1) is 0 Å². The van der Waals surface area contributed by atoms with Crippen LogP contribution < -0.4 is 0 Å². The summed E-state index contributed by atoms with van der Waals surface area (Å²) in [5.41, 5.74) is 0. The predicted molar refractivity (Wildman–Crippen MR) is 40.4 cm³/mol. The fraction of sp³-hybridized carbons (Fsp3) is 0.800. The van der Waals surface area contributed by atoms with Crippen LogP contribution in [0.25, 0.3) is 0 Å². The summed E-state index contributed by atoms with van der Waals surface area (Å²) in [5.74, 6) is 0. The van der Waals surface area contributed by atoms with Crippen molar-refractivity contribution in [3.05, 3.63) is 0 Å². The Balaban J connectivity index is 2.62. The quantitative estimate of drug-likeness (QED) is 0.304. The number of hydrogen-bond acceptors (Lipinski definition) is 2.